The number of hydrogen-bond acceptors (Lipinski definition) is 5. The van der Waals surface area contributed by atoms with E-state index in [0.717, 1.165) is 16.9 Å². The van der Waals surface area contributed by atoms with Crippen LogP contribution in [0.2, 0.25) is 10.0 Å². The summed E-state index contributed by atoms with van der Waals surface area (Å²) in [6.07, 6.45) is 0.355. The highest BCUT2D eigenvalue weighted by atomic mass is 35.5. The highest BCUT2D eigenvalue weighted by Gasteiger charge is 2.30. The number of halogens is 2. The number of nitrogens with zero attached hydrogens (tertiary/aromatic N) is 3. The molecule has 0 unspecified atom stereocenters. The normalized spacial score (nSPS) is 16.4. The van der Waals surface area contributed by atoms with Crippen LogP contribution in [0.25, 0.3) is 11.4 Å². The first-order chi connectivity index (χ1) is 12.5. The molecule has 2 aromatic carbocycles. The molecule has 0 saturated heterocycles. The Kier molecular flexibility index (Phi) is 4.65. The maximum atomic E-state index is 12.5. The van der Waals surface area contributed by atoms with Gasteiger partial charge in [0.15, 0.2) is 11.0 Å². The predicted molar refractivity (Wildman–Crippen MR) is 102 cm³/mol. The van der Waals surface area contributed by atoms with Crippen molar-refractivity contribution in [1.82, 2.24) is 14.8 Å². The van der Waals surface area contributed by atoms with Crippen LogP contribution in [0, 0.1) is 0 Å². The standard InChI is InChI=1S/C18H13Cl2N3O2S/c1-25-12-5-2-10(3-6-12)15-9-16(24)23-18(26-15)21-17(22-23)11-4-7-13(19)14(20)8-11/h2-8,15H,9H2,1H3/t15-/m1/s1. The molecule has 132 valence electrons. The molecule has 5 nitrogen and oxygen atoms in total. The van der Waals surface area contributed by atoms with E-state index in [-0.39, 0.29) is 11.2 Å². The highest BCUT2D eigenvalue weighted by Crippen LogP contribution is 2.42. The van der Waals surface area contributed by atoms with Crippen molar-refractivity contribution in [1.29, 1.82) is 0 Å². The van der Waals surface area contributed by atoms with Gasteiger partial charge in [-0.1, -0.05) is 47.1 Å². The molecule has 0 amide bonds. The first kappa shape index (κ1) is 17.4. The lowest BCUT2D eigenvalue weighted by atomic mass is 10.1. The van der Waals surface area contributed by atoms with Gasteiger partial charge < -0.3 is 4.74 Å². The van der Waals surface area contributed by atoms with E-state index >= 15 is 0 Å². The van der Waals surface area contributed by atoms with Crippen molar-refractivity contribution in [2.45, 2.75) is 16.8 Å². The van der Waals surface area contributed by atoms with Crippen molar-refractivity contribution in [2.75, 3.05) is 7.11 Å². The molecule has 0 aliphatic carbocycles. The van der Waals surface area contributed by atoms with Gasteiger partial charge in [0.2, 0.25) is 0 Å². The average molecular weight is 406 g/mol. The van der Waals surface area contributed by atoms with E-state index < -0.39 is 0 Å². The van der Waals surface area contributed by atoms with Gasteiger partial charge in [-0.15, -0.1) is 5.10 Å². The van der Waals surface area contributed by atoms with Gasteiger partial charge in [-0.2, -0.15) is 4.68 Å². The lowest BCUT2D eigenvalue weighted by Crippen LogP contribution is -2.20. The quantitative estimate of drug-likeness (QED) is 0.603. The van der Waals surface area contributed by atoms with E-state index in [1.807, 2.05) is 24.3 Å². The monoisotopic (exact) mass is 405 g/mol. The van der Waals surface area contributed by atoms with Crippen LogP contribution in [0.3, 0.4) is 0 Å². The zero-order chi connectivity index (χ0) is 18.3. The van der Waals surface area contributed by atoms with Gasteiger partial charge in [0.25, 0.3) is 5.91 Å². The smallest absolute Gasteiger partial charge is 0.250 e. The molecule has 2 heterocycles. The number of rotatable bonds is 3. The number of thioether (sulfide) groups is 1. The topological polar surface area (TPSA) is 57.0 Å². The summed E-state index contributed by atoms with van der Waals surface area (Å²) in [5, 5.41) is 5.79. The zero-order valence-electron chi connectivity index (χ0n) is 13.6. The van der Waals surface area contributed by atoms with E-state index in [1.54, 1.807) is 25.3 Å². The van der Waals surface area contributed by atoms with Crippen molar-refractivity contribution in [2.24, 2.45) is 0 Å². The maximum absolute atomic E-state index is 12.5. The Morgan fingerprint density at radius 2 is 1.92 bits per heavy atom. The molecule has 1 aliphatic rings. The maximum Gasteiger partial charge on any atom is 0.250 e. The molecule has 26 heavy (non-hydrogen) atoms. The van der Waals surface area contributed by atoms with Gasteiger partial charge in [0, 0.05) is 17.2 Å². The number of fused-ring (bicyclic) bond motifs is 1. The van der Waals surface area contributed by atoms with Crippen LogP contribution < -0.4 is 4.74 Å². The molecule has 1 aliphatic heterocycles. The molecule has 4 rings (SSSR count). The van der Waals surface area contributed by atoms with Gasteiger partial charge in [-0.05, 0) is 35.9 Å². The van der Waals surface area contributed by atoms with Crippen LogP contribution in [0.5, 0.6) is 5.75 Å². The molecule has 3 aromatic rings. The van der Waals surface area contributed by atoms with E-state index in [9.17, 15) is 4.79 Å². The second-order valence-electron chi connectivity index (χ2n) is 5.74. The minimum absolute atomic E-state index is 0.00763. The molecular formula is C18H13Cl2N3O2S. The number of carbonyl (C=O) groups excluding carboxylic acids is 1. The Labute approximate surface area is 164 Å². The third-order valence-electron chi connectivity index (χ3n) is 4.09. The van der Waals surface area contributed by atoms with Crippen LogP contribution >= 0.6 is 35.0 Å². The summed E-state index contributed by atoms with van der Waals surface area (Å²) >= 11 is 13.5. The number of hydrogen-bond donors (Lipinski definition) is 0. The van der Waals surface area contributed by atoms with Crippen molar-refractivity contribution in [3.63, 3.8) is 0 Å². The summed E-state index contributed by atoms with van der Waals surface area (Å²) in [6, 6.07) is 12.9. The fourth-order valence-electron chi connectivity index (χ4n) is 2.71. The Balaban J connectivity index is 1.65. The van der Waals surface area contributed by atoms with Crippen molar-refractivity contribution >= 4 is 40.9 Å². The predicted octanol–water partition coefficient (Wildman–Crippen LogP) is 5.14. The summed E-state index contributed by atoms with van der Waals surface area (Å²) in [6.45, 7) is 0. The van der Waals surface area contributed by atoms with Gasteiger partial charge in [-0.3, -0.25) is 4.79 Å². The molecule has 1 atom stereocenters. The van der Waals surface area contributed by atoms with Crippen LogP contribution in [0.15, 0.2) is 47.6 Å². The molecule has 0 spiro atoms. The van der Waals surface area contributed by atoms with Crippen LogP contribution in [-0.2, 0) is 0 Å². The molecule has 0 N–H and O–H groups in total. The van der Waals surface area contributed by atoms with Gasteiger partial charge in [-0.25, -0.2) is 4.98 Å². The summed E-state index contributed by atoms with van der Waals surface area (Å²) < 4.78 is 6.55. The number of benzene rings is 2. The Morgan fingerprint density at radius 3 is 2.62 bits per heavy atom. The average Bonchev–Trinajstić information content (AvgIpc) is 3.09. The summed E-state index contributed by atoms with van der Waals surface area (Å²) in [5.74, 6) is 1.15. The summed E-state index contributed by atoms with van der Waals surface area (Å²) in [7, 11) is 1.63. The van der Waals surface area contributed by atoms with Crippen molar-refractivity contribution in [3.05, 3.63) is 58.1 Å². The molecular weight excluding hydrogens is 393 g/mol. The Hall–Kier alpha value is -2.02. The first-order valence-corrected chi connectivity index (χ1v) is 9.45. The molecule has 1 aromatic heterocycles. The largest absolute Gasteiger partial charge is 0.497 e. The number of methoxy groups -OCH3 is 1. The third kappa shape index (κ3) is 3.20. The minimum atomic E-state index is -0.0848. The van der Waals surface area contributed by atoms with Gasteiger partial charge >= 0.3 is 0 Å². The molecule has 0 saturated carbocycles. The lowest BCUT2D eigenvalue weighted by Gasteiger charge is -2.20. The SMILES string of the molecule is COc1ccc([C@H]2CC(=O)n3nc(-c4ccc(Cl)c(Cl)c4)nc3S2)cc1. The van der Waals surface area contributed by atoms with Crippen LogP contribution in [0.1, 0.15) is 22.0 Å². The molecule has 0 radical (unpaired) electrons. The second kappa shape index (κ2) is 6.95. The summed E-state index contributed by atoms with van der Waals surface area (Å²) in [5.41, 5.74) is 1.77. The van der Waals surface area contributed by atoms with Crippen LogP contribution in [-0.4, -0.2) is 27.8 Å². The van der Waals surface area contributed by atoms with E-state index in [1.165, 1.54) is 16.4 Å². The lowest BCUT2D eigenvalue weighted by molar-refractivity contribution is 0.0868. The summed E-state index contributed by atoms with van der Waals surface area (Å²) in [4.78, 5) is 17.1. The van der Waals surface area contributed by atoms with Crippen molar-refractivity contribution in [3.8, 4) is 17.1 Å². The van der Waals surface area contributed by atoms with Gasteiger partial charge in [0.1, 0.15) is 5.75 Å². The third-order valence-corrected chi connectivity index (χ3v) is 6.02. The molecule has 0 bridgehead atoms. The second-order valence-corrected chi connectivity index (χ2v) is 7.72. The van der Waals surface area contributed by atoms with Gasteiger partial charge in [0.05, 0.1) is 17.2 Å². The Morgan fingerprint density at radius 1 is 1.15 bits per heavy atom. The number of carbonyl (C=O) groups is 1. The first-order valence-electron chi connectivity index (χ1n) is 7.81. The molecule has 0 fully saturated rings. The van der Waals surface area contributed by atoms with E-state index in [0.29, 0.717) is 27.4 Å². The fraction of sp³-hybridized carbons (Fsp3) is 0.167. The van der Waals surface area contributed by atoms with Crippen molar-refractivity contribution < 1.29 is 9.53 Å². The zero-order valence-corrected chi connectivity index (χ0v) is 16.0. The number of aromatic nitrogens is 3. The van der Waals surface area contributed by atoms with Crippen LogP contribution in [0.4, 0.5) is 0 Å². The van der Waals surface area contributed by atoms with E-state index in [2.05, 4.69) is 10.1 Å². The fourth-order valence-corrected chi connectivity index (χ4v) is 4.17. The highest BCUT2D eigenvalue weighted by molar-refractivity contribution is 7.99. The van der Waals surface area contributed by atoms with E-state index in [4.69, 9.17) is 27.9 Å². The minimum Gasteiger partial charge on any atom is -0.497 e. The number of ether oxygens (including phenoxy) is 1. The Bertz CT molecular complexity index is 989. The molecule has 8 heteroatoms.